The Morgan fingerprint density at radius 2 is 0.829 bits per heavy atom. The summed E-state index contributed by atoms with van der Waals surface area (Å²) in [6.45, 7) is 11.4. The molecule has 35 heavy (non-hydrogen) atoms. The zero-order chi connectivity index (χ0) is 25.7. The summed E-state index contributed by atoms with van der Waals surface area (Å²) in [6.07, 6.45) is 25.7. The molecule has 0 atom stereocenters. The molecule has 0 aromatic carbocycles. The first-order valence-corrected chi connectivity index (χ1v) is 15.5. The van der Waals surface area contributed by atoms with Crippen LogP contribution in [-0.4, -0.2) is 26.6 Å². The third-order valence-electron chi connectivity index (χ3n) is 6.41. The van der Waals surface area contributed by atoms with Crippen molar-refractivity contribution in [1.29, 1.82) is 0 Å². The van der Waals surface area contributed by atoms with Crippen molar-refractivity contribution in [2.24, 2.45) is 0 Å². The van der Waals surface area contributed by atoms with Gasteiger partial charge >= 0.3 is 5.95 Å². The first-order chi connectivity index (χ1) is 17.3. The quantitative estimate of drug-likeness (QED) is 0.0583. The minimum absolute atomic E-state index is 0.247. The molecule has 0 N–H and O–H groups in total. The molecule has 0 amide bonds. The molecule has 0 spiro atoms. The number of hydrogen-bond acceptors (Lipinski definition) is 4. The van der Waals surface area contributed by atoms with Gasteiger partial charge in [-0.2, -0.15) is 0 Å². The van der Waals surface area contributed by atoms with E-state index in [0.29, 0.717) is 12.6 Å². The predicted octanol–water partition coefficient (Wildman–Crippen LogP) is 10.5. The minimum Gasteiger partial charge on any atom is -0.491 e. The summed E-state index contributed by atoms with van der Waals surface area (Å²) in [6, 6.07) is 0. The van der Waals surface area contributed by atoms with Gasteiger partial charge in [-0.1, -0.05) is 130 Å². The summed E-state index contributed by atoms with van der Waals surface area (Å²) in [4.78, 5) is 0. The highest BCUT2D eigenvalue weighted by Crippen LogP contribution is 2.20. The van der Waals surface area contributed by atoms with Gasteiger partial charge in [0.25, 0.3) is 0 Å². The first kappa shape index (κ1) is 34.1. The number of unbranched alkanes of at least 4 members (excludes halogenated alkanes) is 16. The Morgan fingerprint density at radius 1 is 0.400 bits per heavy atom. The molecule has 0 aliphatic carbocycles. The van der Waals surface area contributed by atoms with Gasteiger partial charge in [0.15, 0.2) is 12.6 Å². The van der Waals surface area contributed by atoms with Crippen LogP contribution in [0.5, 0.6) is 0 Å². The third-order valence-corrected chi connectivity index (χ3v) is 6.41. The molecule has 210 valence electrons. The molecule has 0 saturated heterocycles. The van der Waals surface area contributed by atoms with Gasteiger partial charge in [0.2, 0.25) is 0 Å². The van der Waals surface area contributed by atoms with Gasteiger partial charge in [-0.15, -0.1) is 0 Å². The van der Waals surface area contributed by atoms with Crippen LogP contribution >= 0.6 is 0 Å². The van der Waals surface area contributed by atoms with Crippen molar-refractivity contribution < 1.29 is 18.9 Å². The standard InChI is InChI=1S/C31H62O4/c1-5-9-13-16-19-23-27-33-30(25-21-12-8-4)31(34-28-24-20-17-14-10-6-2)35-29-32-26-22-18-15-11-7-3/h5-29H2,1-4H3. The predicted molar refractivity (Wildman–Crippen MR) is 150 cm³/mol. The van der Waals surface area contributed by atoms with Crippen molar-refractivity contribution in [3.05, 3.63) is 11.7 Å². The lowest BCUT2D eigenvalue weighted by atomic mass is 10.1. The Morgan fingerprint density at radius 3 is 1.37 bits per heavy atom. The van der Waals surface area contributed by atoms with Crippen molar-refractivity contribution >= 4 is 0 Å². The Labute approximate surface area is 219 Å². The van der Waals surface area contributed by atoms with E-state index in [1.165, 1.54) is 103 Å². The van der Waals surface area contributed by atoms with E-state index < -0.39 is 0 Å². The maximum absolute atomic E-state index is 6.26. The van der Waals surface area contributed by atoms with Crippen LogP contribution in [0.15, 0.2) is 11.7 Å². The van der Waals surface area contributed by atoms with Crippen molar-refractivity contribution in [2.45, 2.75) is 163 Å². The van der Waals surface area contributed by atoms with Crippen LogP contribution in [0.1, 0.15) is 163 Å². The van der Waals surface area contributed by atoms with E-state index in [9.17, 15) is 0 Å². The van der Waals surface area contributed by atoms with Gasteiger partial charge in [0.1, 0.15) is 0 Å². The number of rotatable bonds is 29. The van der Waals surface area contributed by atoms with Gasteiger partial charge in [0, 0.05) is 6.42 Å². The van der Waals surface area contributed by atoms with Crippen LogP contribution in [0.25, 0.3) is 0 Å². The highest BCUT2D eigenvalue weighted by atomic mass is 16.7. The Hall–Kier alpha value is -0.900. The highest BCUT2D eigenvalue weighted by Gasteiger charge is 2.13. The van der Waals surface area contributed by atoms with Crippen LogP contribution in [-0.2, 0) is 18.9 Å². The van der Waals surface area contributed by atoms with Crippen LogP contribution in [0.4, 0.5) is 0 Å². The lowest BCUT2D eigenvalue weighted by Crippen LogP contribution is -2.10. The summed E-state index contributed by atoms with van der Waals surface area (Å²) in [5.41, 5.74) is 0. The second-order valence-electron chi connectivity index (χ2n) is 9.98. The average Bonchev–Trinajstić information content (AvgIpc) is 2.87. The van der Waals surface area contributed by atoms with Crippen molar-refractivity contribution in [3.8, 4) is 0 Å². The fourth-order valence-electron chi connectivity index (χ4n) is 4.06. The van der Waals surface area contributed by atoms with E-state index in [1.54, 1.807) is 0 Å². The molecule has 0 aliphatic rings. The van der Waals surface area contributed by atoms with Crippen molar-refractivity contribution in [2.75, 3.05) is 26.6 Å². The van der Waals surface area contributed by atoms with Crippen molar-refractivity contribution in [3.63, 3.8) is 0 Å². The fraction of sp³-hybridized carbons (Fsp3) is 0.935. The average molecular weight is 499 g/mol. The normalized spacial score (nSPS) is 12.0. The number of ether oxygens (including phenoxy) is 4. The van der Waals surface area contributed by atoms with E-state index in [4.69, 9.17) is 18.9 Å². The van der Waals surface area contributed by atoms with Gasteiger partial charge in [-0.05, 0) is 25.7 Å². The van der Waals surface area contributed by atoms with Gasteiger partial charge in [-0.3, -0.25) is 0 Å². The van der Waals surface area contributed by atoms with Crippen LogP contribution in [0.2, 0.25) is 0 Å². The Bertz CT molecular complexity index is 436. The molecule has 0 aromatic heterocycles. The third kappa shape index (κ3) is 24.6. The zero-order valence-corrected chi connectivity index (χ0v) is 24.3. The summed E-state index contributed by atoms with van der Waals surface area (Å²) < 4.78 is 24.2. The van der Waals surface area contributed by atoms with Gasteiger partial charge in [-0.25, -0.2) is 0 Å². The lowest BCUT2D eigenvalue weighted by Gasteiger charge is -2.18. The van der Waals surface area contributed by atoms with Crippen LogP contribution in [0, 0.1) is 0 Å². The SMILES string of the molecule is CCCCCCCCOC(CCCCC)=C(OCCCCCCCC)OCOCCCCCCC. The molecule has 4 heteroatoms. The molecule has 0 rings (SSSR count). The molecule has 0 radical (unpaired) electrons. The summed E-state index contributed by atoms with van der Waals surface area (Å²) >= 11 is 0. The summed E-state index contributed by atoms with van der Waals surface area (Å²) in [7, 11) is 0. The maximum Gasteiger partial charge on any atom is 0.321 e. The molecular weight excluding hydrogens is 436 g/mol. The smallest absolute Gasteiger partial charge is 0.321 e. The van der Waals surface area contributed by atoms with Gasteiger partial charge < -0.3 is 18.9 Å². The maximum atomic E-state index is 6.26. The Kier molecular flexibility index (Phi) is 28.6. The second-order valence-corrected chi connectivity index (χ2v) is 9.98. The second kappa shape index (κ2) is 29.3. The minimum atomic E-state index is 0.247. The first-order valence-electron chi connectivity index (χ1n) is 15.5. The zero-order valence-electron chi connectivity index (χ0n) is 24.3. The largest absolute Gasteiger partial charge is 0.491 e. The monoisotopic (exact) mass is 498 g/mol. The molecular formula is C31H62O4. The highest BCUT2D eigenvalue weighted by molar-refractivity contribution is 4.95. The van der Waals surface area contributed by atoms with Crippen LogP contribution in [0.3, 0.4) is 0 Å². The van der Waals surface area contributed by atoms with E-state index >= 15 is 0 Å². The van der Waals surface area contributed by atoms with E-state index in [0.717, 1.165) is 51.1 Å². The molecule has 0 heterocycles. The molecule has 0 aliphatic heterocycles. The lowest BCUT2D eigenvalue weighted by molar-refractivity contribution is -0.0846. The van der Waals surface area contributed by atoms with Crippen LogP contribution < -0.4 is 0 Å². The molecule has 0 saturated carbocycles. The Balaban J connectivity index is 4.71. The number of allylic oxidation sites excluding steroid dienone is 1. The topological polar surface area (TPSA) is 36.9 Å². The van der Waals surface area contributed by atoms with Gasteiger partial charge in [0.05, 0.1) is 19.8 Å². The van der Waals surface area contributed by atoms with E-state index in [-0.39, 0.29) is 6.79 Å². The molecule has 0 aromatic rings. The molecule has 0 bridgehead atoms. The number of hydrogen-bond donors (Lipinski definition) is 0. The summed E-state index contributed by atoms with van der Waals surface area (Å²) in [5.74, 6) is 1.47. The van der Waals surface area contributed by atoms with E-state index in [1.807, 2.05) is 0 Å². The fourth-order valence-corrected chi connectivity index (χ4v) is 4.06. The molecule has 0 unspecified atom stereocenters. The van der Waals surface area contributed by atoms with Crippen molar-refractivity contribution in [1.82, 2.24) is 0 Å². The summed E-state index contributed by atoms with van der Waals surface area (Å²) in [5, 5.41) is 0. The molecule has 0 fully saturated rings. The van der Waals surface area contributed by atoms with E-state index in [2.05, 4.69) is 27.7 Å². The molecule has 4 nitrogen and oxygen atoms in total.